The summed E-state index contributed by atoms with van der Waals surface area (Å²) < 4.78 is 20.6. The molecule has 3 heterocycles. The smallest absolute Gasteiger partial charge is 0.198 e. The average molecular weight is 378 g/mol. The number of rotatable bonds is 5. The van der Waals surface area contributed by atoms with E-state index in [2.05, 4.69) is 20.2 Å². The van der Waals surface area contributed by atoms with Crippen molar-refractivity contribution in [2.24, 2.45) is 0 Å². The first-order chi connectivity index (χ1) is 13.2. The van der Waals surface area contributed by atoms with Crippen LogP contribution in [-0.2, 0) is 6.54 Å². The second kappa shape index (κ2) is 7.39. The summed E-state index contributed by atoms with van der Waals surface area (Å²) >= 11 is 1.26. The minimum Gasteiger partial charge on any atom is -0.467 e. The van der Waals surface area contributed by atoms with E-state index in [1.165, 1.54) is 36.3 Å². The van der Waals surface area contributed by atoms with E-state index >= 15 is 0 Å². The molecular weight excluding hydrogens is 367 g/mol. The lowest BCUT2D eigenvalue weighted by Crippen LogP contribution is -2.03. The van der Waals surface area contributed by atoms with Crippen molar-refractivity contribution >= 4 is 11.8 Å². The summed E-state index contributed by atoms with van der Waals surface area (Å²) in [4.78, 5) is 8.21. The Morgan fingerprint density at radius 1 is 1.11 bits per heavy atom. The largest absolute Gasteiger partial charge is 0.467 e. The van der Waals surface area contributed by atoms with Crippen molar-refractivity contribution in [3.63, 3.8) is 0 Å². The second-order valence-electron chi connectivity index (χ2n) is 5.43. The van der Waals surface area contributed by atoms with Gasteiger partial charge in [-0.05, 0) is 48.2 Å². The number of aromatic nitrogens is 5. The molecule has 0 atom stereocenters. The lowest BCUT2D eigenvalue weighted by molar-refractivity contribution is 0.485. The van der Waals surface area contributed by atoms with Gasteiger partial charge in [0.15, 0.2) is 16.7 Å². The highest BCUT2D eigenvalue weighted by atomic mass is 32.2. The minimum absolute atomic E-state index is 0.239. The van der Waals surface area contributed by atoms with Gasteiger partial charge in [0.2, 0.25) is 0 Å². The van der Waals surface area contributed by atoms with E-state index in [0.29, 0.717) is 22.6 Å². The van der Waals surface area contributed by atoms with E-state index in [-0.39, 0.29) is 11.5 Å². The van der Waals surface area contributed by atoms with Crippen molar-refractivity contribution in [1.29, 1.82) is 5.26 Å². The lowest BCUT2D eigenvalue weighted by Gasteiger charge is -2.08. The first-order valence-electron chi connectivity index (χ1n) is 7.84. The predicted molar refractivity (Wildman–Crippen MR) is 94.1 cm³/mol. The molecule has 0 amide bonds. The van der Waals surface area contributed by atoms with Crippen LogP contribution in [-0.4, -0.2) is 24.7 Å². The first-order valence-corrected chi connectivity index (χ1v) is 8.66. The van der Waals surface area contributed by atoms with Crippen LogP contribution in [0.1, 0.15) is 11.5 Å². The predicted octanol–water partition coefficient (Wildman–Crippen LogP) is 3.54. The van der Waals surface area contributed by atoms with Gasteiger partial charge in [-0.15, -0.1) is 10.2 Å². The van der Waals surface area contributed by atoms with E-state index in [1.807, 2.05) is 16.7 Å². The summed E-state index contributed by atoms with van der Waals surface area (Å²) in [6.07, 6.45) is 4.50. The van der Waals surface area contributed by atoms with Crippen molar-refractivity contribution in [3.8, 4) is 17.5 Å². The number of hydrogen-bond acceptors (Lipinski definition) is 7. The molecule has 132 valence electrons. The topological polar surface area (TPSA) is 93.4 Å². The standard InChI is InChI=1S/C18H11FN6OS/c19-13-5-3-12(4-6-13)17-23-24-18(25(17)11-15-2-1-7-26-15)27-16-10-21-14(8-20)9-22-16/h1-7,9-10H,11H2. The van der Waals surface area contributed by atoms with Gasteiger partial charge >= 0.3 is 0 Å². The van der Waals surface area contributed by atoms with E-state index < -0.39 is 0 Å². The summed E-state index contributed by atoms with van der Waals surface area (Å²) in [5.41, 5.74) is 0.969. The van der Waals surface area contributed by atoms with Crippen LogP contribution in [0.2, 0.25) is 0 Å². The third-order valence-electron chi connectivity index (χ3n) is 3.65. The molecule has 3 aromatic heterocycles. The van der Waals surface area contributed by atoms with Crippen LogP contribution < -0.4 is 0 Å². The zero-order valence-corrected chi connectivity index (χ0v) is 14.6. The Bertz CT molecular complexity index is 1080. The summed E-state index contributed by atoms with van der Waals surface area (Å²) in [6.45, 7) is 0.402. The normalized spacial score (nSPS) is 10.7. The molecule has 4 rings (SSSR count). The van der Waals surface area contributed by atoms with Gasteiger partial charge in [-0.3, -0.25) is 4.57 Å². The summed E-state index contributed by atoms with van der Waals surface area (Å²) in [6, 6.07) is 11.6. The van der Waals surface area contributed by atoms with Crippen molar-refractivity contribution in [1.82, 2.24) is 24.7 Å². The maximum absolute atomic E-state index is 13.3. The molecule has 0 radical (unpaired) electrons. The monoisotopic (exact) mass is 378 g/mol. The van der Waals surface area contributed by atoms with Crippen LogP contribution in [0, 0.1) is 17.1 Å². The summed E-state index contributed by atoms with van der Waals surface area (Å²) in [7, 11) is 0. The number of furan rings is 1. The molecule has 0 unspecified atom stereocenters. The maximum Gasteiger partial charge on any atom is 0.198 e. The fraction of sp³-hybridized carbons (Fsp3) is 0.0556. The van der Waals surface area contributed by atoms with E-state index in [4.69, 9.17) is 9.68 Å². The number of benzene rings is 1. The molecule has 0 bridgehead atoms. The van der Waals surface area contributed by atoms with Gasteiger partial charge in [-0.1, -0.05) is 0 Å². The molecule has 0 aliphatic heterocycles. The van der Waals surface area contributed by atoms with Crippen molar-refractivity contribution < 1.29 is 8.81 Å². The van der Waals surface area contributed by atoms with Crippen LogP contribution in [0.3, 0.4) is 0 Å². The fourth-order valence-corrected chi connectivity index (χ4v) is 3.14. The van der Waals surface area contributed by atoms with Crippen LogP contribution in [0.25, 0.3) is 11.4 Å². The highest BCUT2D eigenvalue weighted by Crippen LogP contribution is 2.29. The van der Waals surface area contributed by atoms with Gasteiger partial charge in [0.05, 0.1) is 25.2 Å². The molecule has 9 heteroatoms. The van der Waals surface area contributed by atoms with Crippen molar-refractivity contribution in [2.75, 3.05) is 0 Å². The van der Waals surface area contributed by atoms with Gasteiger partial charge in [0.1, 0.15) is 22.7 Å². The molecule has 4 aromatic rings. The zero-order valence-electron chi connectivity index (χ0n) is 13.8. The molecule has 1 aromatic carbocycles. The van der Waals surface area contributed by atoms with Gasteiger partial charge in [0.25, 0.3) is 0 Å². The highest BCUT2D eigenvalue weighted by molar-refractivity contribution is 7.99. The average Bonchev–Trinajstić information content (AvgIpc) is 3.34. The summed E-state index contributed by atoms with van der Waals surface area (Å²) in [5, 5.41) is 18.5. The zero-order chi connectivity index (χ0) is 18.6. The molecule has 0 saturated carbocycles. The fourth-order valence-electron chi connectivity index (χ4n) is 2.40. The third kappa shape index (κ3) is 3.70. The Hall–Kier alpha value is -3.51. The number of halogens is 1. The van der Waals surface area contributed by atoms with E-state index in [1.54, 1.807) is 24.5 Å². The Kier molecular flexibility index (Phi) is 4.63. The quantitative estimate of drug-likeness (QED) is 0.524. The molecule has 27 heavy (non-hydrogen) atoms. The van der Waals surface area contributed by atoms with Crippen molar-refractivity contribution in [2.45, 2.75) is 16.7 Å². The number of hydrogen-bond donors (Lipinski definition) is 0. The Morgan fingerprint density at radius 3 is 2.63 bits per heavy atom. The Morgan fingerprint density at radius 2 is 1.96 bits per heavy atom. The van der Waals surface area contributed by atoms with Crippen LogP contribution in [0.15, 0.2) is 69.7 Å². The summed E-state index contributed by atoms with van der Waals surface area (Å²) in [5.74, 6) is 0.986. The van der Waals surface area contributed by atoms with E-state index in [9.17, 15) is 4.39 Å². The maximum atomic E-state index is 13.3. The molecular formula is C18H11FN6OS. The second-order valence-corrected chi connectivity index (χ2v) is 6.42. The van der Waals surface area contributed by atoms with Gasteiger partial charge in [-0.2, -0.15) is 5.26 Å². The first kappa shape index (κ1) is 16.9. The Balaban J connectivity index is 1.71. The van der Waals surface area contributed by atoms with Crippen molar-refractivity contribution in [3.05, 3.63) is 72.3 Å². The highest BCUT2D eigenvalue weighted by Gasteiger charge is 2.17. The van der Waals surface area contributed by atoms with E-state index in [0.717, 1.165) is 11.3 Å². The van der Waals surface area contributed by atoms with Gasteiger partial charge < -0.3 is 4.42 Å². The minimum atomic E-state index is -0.321. The molecule has 7 nitrogen and oxygen atoms in total. The molecule has 0 aliphatic rings. The number of nitriles is 1. The third-order valence-corrected chi connectivity index (χ3v) is 4.56. The molecule has 0 spiro atoms. The SMILES string of the molecule is N#Cc1cnc(Sc2nnc(-c3ccc(F)cc3)n2Cc2ccco2)cn1. The molecule has 0 N–H and O–H groups in total. The van der Waals surface area contributed by atoms with Gasteiger partial charge in [-0.25, -0.2) is 14.4 Å². The Labute approximate surface area is 157 Å². The lowest BCUT2D eigenvalue weighted by atomic mass is 10.2. The van der Waals surface area contributed by atoms with Crippen LogP contribution >= 0.6 is 11.8 Å². The molecule has 0 fully saturated rings. The number of nitrogens with zero attached hydrogens (tertiary/aromatic N) is 6. The van der Waals surface area contributed by atoms with Gasteiger partial charge in [0, 0.05) is 5.56 Å². The van der Waals surface area contributed by atoms with Crippen LogP contribution in [0.5, 0.6) is 0 Å². The molecule has 0 saturated heterocycles. The molecule has 0 aliphatic carbocycles. The van der Waals surface area contributed by atoms with Crippen LogP contribution in [0.4, 0.5) is 4.39 Å².